The smallest absolute Gasteiger partial charge is 0.0926 e. The third-order valence-corrected chi connectivity index (χ3v) is 3.42. The minimum atomic E-state index is 0.215. The summed E-state index contributed by atoms with van der Waals surface area (Å²) in [5.74, 6) is 0. The van der Waals surface area contributed by atoms with Gasteiger partial charge in [-0.3, -0.25) is 0 Å². The van der Waals surface area contributed by atoms with E-state index in [9.17, 15) is 0 Å². The van der Waals surface area contributed by atoms with Crippen LogP contribution in [-0.2, 0) is 6.42 Å². The lowest BCUT2D eigenvalue weighted by atomic mass is 9.98. The second-order valence-corrected chi connectivity index (χ2v) is 4.87. The molecule has 0 fully saturated rings. The Balaban J connectivity index is 2.04. The summed E-state index contributed by atoms with van der Waals surface area (Å²) in [6.45, 7) is 0.992. The van der Waals surface area contributed by atoms with E-state index >= 15 is 0 Å². The van der Waals surface area contributed by atoms with Gasteiger partial charge in [-0.2, -0.15) is 0 Å². The zero-order valence-corrected chi connectivity index (χ0v) is 10.3. The highest BCUT2D eigenvalue weighted by molar-refractivity contribution is 9.10. The molecule has 0 aliphatic carbocycles. The van der Waals surface area contributed by atoms with Gasteiger partial charge in [-0.15, -0.1) is 0 Å². The number of nitrogens with one attached hydrogen (secondary N) is 2. The Morgan fingerprint density at radius 3 is 3.19 bits per heavy atom. The van der Waals surface area contributed by atoms with E-state index in [0.717, 1.165) is 23.1 Å². The molecule has 2 heterocycles. The van der Waals surface area contributed by atoms with Crippen LogP contribution in [0, 0.1) is 0 Å². The SMILES string of the molecule is Brc1cccc([C@@H]2NCCc3[nH]cnc32)c1. The van der Waals surface area contributed by atoms with Gasteiger partial charge >= 0.3 is 0 Å². The molecule has 0 spiro atoms. The number of benzene rings is 1. The minimum Gasteiger partial charge on any atom is -0.348 e. The van der Waals surface area contributed by atoms with Crippen LogP contribution in [0.5, 0.6) is 0 Å². The number of rotatable bonds is 1. The van der Waals surface area contributed by atoms with Gasteiger partial charge in [-0.1, -0.05) is 28.1 Å². The van der Waals surface area contributed by atoms with Crippen molar-refractivity contribution in [2.45, 2.75) is 12.5 Å². The fraction of sp³-hybridized carbons (Fsp3) is 0.250. The molecule has 1 aliphatic rings. The van der Waals surface area contributed by atoms with Crippen molar-refractivity contribution in [3.05, 3.63) is 52.0 Å². The summed E-state index contributed by atoms with van der Waals surface area (Å²) in [6.07, 6.45) is 2.81. The van der Waals surface area contributed by atoms with Crippen LogP contribution in [0.25, 0.3) is 0 Å². The first-order chi connectivity index (χ1) is 7.84. The summed E-state index contributed by atoms with van der Waals surface area (Å²) in [5.41, 5.74) is 3.63. The van der Waals surface area contributed by atoms with Crippen molar-refractivity contribution in [2.75, 3.05) is 6.54 Å². The van der Waals surface area contributed by atoms with Crippen molar-refractivity contribution >= 4 is 15.9 Å². The van der Waals surface area contributed by atoms with Crippen molar-refractivity contribution < 1.29 is 0 Å². The van der Waals surface area contributed by atoms with Crippen LogP contribution in [0.2, 0.25) is 0 Å². The monoisotopic (exact) mass is 277 g/mol. The van der Waals surface area contributed by atoms with Crippen molar-refractivity contribution in [3.63, 3.8) is 0 Å². The molecule has 3 rings (SSSR count). The predicted molar refractivity (Wildman–Crippen MR) is 66.3 cm³/mol. The summed E-state index contributed by atoms with van der Waals surface area (Å²) in [4.78, 5) is 7.62. The average Bonchev–Trinajstić information content (AvgIpc) is 2.76. The van der Waals surface area contributed by atoms with Gasteiger partial charge in [0.2, 0.25) is 0 Å². The van der Waals surface area contributed by atoms with E-state index in [4.69, 9.17) is 0 Å². The van der Waals surface area contributed by atoms with E-state index in [-0.39, 0.29) is 6.04 Å². The third-order valence-electron chi connectivity index (χ3n) is 2.93. The van der Waals surface area contributed by atoms with Crippen LogP contribution < -0.4 is 5.32 Å². The maximum Gasteiger partial charge on any atom is 0.0926 e. The highest BCUT2D eigenvalue weighted by Gasteiger charge is 2.23. The van der Waals surface area contributed by atoms with E-state index in [0.29, 0.717) is 0 Å². The van der Waals surface area contributed by atoms with Crippen LogP contribution in [-0.4, -0.2) is 16.5 Å². The molecule has 1 aromatic heterocycles. The molecule has 0 bridgehead atoms. The molecular formula is C12H12BrN3. The van der Waals surface area contributed by atoms with Crippen molar-refractivity contribution in [2.24, 2.45) is 0 Å². The van der Waals surface area contributed by atoms with Crippen LogP contribution in [0.15, 0.2) is 35.1 Å². The first-order valence-electron chi connectivity index (χ1n) is 5.35. The van der Waals surface area contributed by atoms with E-state index in [2.05, 4.69) is 49.4 Å². The predicted octanol–water partition coefficient (Wildman–Crippen LogP) is 2.41. The Hall–Kier alpha value is -1.13. The third kappa shape index (κ3) is 1.68. The van der Waals surface area contributed by atoms with Gasteiger partial charge < -0.3 is 10.3 Å². The van der Waals surface area contributed by atoms with Gasteiger partial charge in [0.15, 0.2) is 0 Å². The molecule has 0 radical (unpaired) electrons. The first kappa shape index (κ1) is 10.1. The molecule has 1 aliphatic heterocycles. The number of aromatic amines is 1. The lowest BCUT2D eigenvalue weighted by Gasteiger charge is -2.23. The first-order valence-corrected chi connectivity index (χ1v) is 6.15. The summed E-state index contributed by atoms with van der Waals surface area (Å²) in [5, 5.41) is 3.50. The summed E-state index contributed by atoms with van der Waals surface area (Å²) >= 11 is 3.50. The number of halogens is 1. The molecule has 4 heteroatoms. The van der Waals surface area contributed by atoms with Crippen molar-refractivity contribution in [1.82, 2.24) is 15.3 Å². The topological polar surface area (TPSA) is 40.7 Å². The van der Waals surface area contributed by atoms with Crippen LogP contribution >= 0.6 is 15.9 Å². The zero-order valence-electron chi connectivity index (χ0n) is 8.70. The van der Waals surface area contributed by atoms with Crippen LogP contribution in [0.4, 0.5) is 0 Å². The maximum atomic E-state index is 4.41. The normalized spacial score (nSPS) is 19.4. The summed E-state index contributed by atoms with van der Waals surface area (Å²) < 4.78 is 1.11. The molecule has 1 aromatic carbocycles. The number of hydrogen-bond acceptors (Lipinski definition) is 2. The molecule has 16 heavy (non-hydrogen) atoms. The van der Waals surface area contributed by atoms with Crippen LogP contribution in [0.1, 0.15) is 23.0 Å². The van der Waals surface area contributed by atoms with Gasteiger partial charge in [0, 0.05) is 23.1 Å². The lowest BCUT2D eigenvalue weighted by Crippen LogP contribution is -2.30. The fourth-order valence-corrected chi connectivity index (χ4v) is 2.60. The molecule has 3 nitrogen and oxygen atoms in total. The van der Waals surface area contributed by atoms with E-state index < -0.39 is 0 Å². The summed E-state index contributed by atoms with van der Waals surface area (Å²) in [6, 6.07) is 8.58. The second-order valence-electron chi connectivity index (χ2n) is 3.96. The Labute approximate surface area is 102 Å². The Morgan fingerprint density at radius 2 is 2.31 bits per heavy atom. The Morgan fingerprint density at radius 1 is 1.38 bits per heavy atom. The largest absolute Gasteiger partial charge is 0.348 e. The van der Waals surface area contributed by atoms with E-state index in [1.807, 2.05) is 6.07 Å². The Bertz CT molecular complexity index is 506. The zero-order chi connectivity index (χ0) is 11.0. The molecule has 82 valence electrons. The van der Waals surface area contributed by atoms with Gasteiger partial charge in [-0.25, -0.2) is 4.98 Å². The average molecular weight is 278 g/mol. The van der Waals surface area contributed by atoms with Gasteiger partial charge in [0.25, 0.3) is 0 Å². The molecule has 2 N–H and O–H groups in total. The molecule has 0 saturated heterocycles. The highest BCUT2D eigenvalue weighted by atomic mass is 79.9. The number of H-pyrrole nitrogens is 1. The fourth-order valence-electron chi connectivity index (χ4n) is 2.18. The number of nitrogens with zero attached hydrogens (tertiary/aromatic N) is 1. The lowest BCUT2D eigenvalue weighted by molar-refractivity contribution is 0.553. The molecule has 0 saturated carbocycles. The van der Waals surface area contributed by atoms with Crippen molar-refractivity contribution in [1.29, 1.82) is 0 Å². The maximum absolute atomic E-state index is 4.41. The standard InChI is InChI=1S/C12H12BrN3/c13-9-3-1-2-8(6-9)11-12-10(4-5-14-11)15-7-16-12/h1-3,6-7,11,14H,4-5H2,(H,15,16)/t11-/m0/s1. The number of aromatic nitrogens is 2. The molecule has 2 aromatic rings. The van der Waals surface area contributed by atoms with Gasteiger partial charge in [0.1, 0.15) is 0 Å². The number of imidazole rings is 1. The van der Waals surface area contributed by atoms with E-state index in [1.54, 1.807) is 6.33 Å². The molecule has 0 unspecified atom stereocenters. The highest BCUT2D eigenvalue weighted by Crippen LogP contribution is 2.27. The Kier molecular flexibility index (Phi) is 2.53. The van der Waals surface area contributed by atoms with Crippen molar-refractivity contribution in [3.8, 4) is 0 Å². The van der Waals surface area contributed by atoms with Gasteiger partial charge in [-0.05, 0) is 17.7 Å². The molecular weight excluding hydrogens is 266 g/mol. The van der Waals surface area contributed by atoms with Crippen LogP contribution in [0.3, 0.4) is 0 Å². The van der Waals surface area contributed by atoms with E-state index in [1.165, 1.54) is 11.3 Å². The molecule has 1 atom stereocenters. The molecule has 0 amide bonds. The number of hydrogen-bond donors (Lipinski definition) is 2. The number of fused-ring (bicyclic) bond motifs is 1. The quantitative estimate of drug-likeness (QED) is 0.841. The summed E-state index contributed by atoms with van der Waals surface area (Å²) in [7, 11) is 0. The second kappa shape index (κ2) is 4.03. The van der Waals surface area contributed by atoms with Gasteiger partial charge in [0.05, 0.1) is 18.1 Å². The minimum absolute atomic E-state index is 0.215.